The molecule has 1 aliphatic rings. The second-order valence-corrected chi connectivity index (χ2v) is 5.92. The van der Waals surface area contributed by atoms with Crippen molar-refractivity contribution in [1.82, 2.24) is 0 Å². The van der Waals surface area contributed by atoms with Crippen molar-refractivity contribution >= 4 is 28.8 Å². The minimum Gasteiger partial charge on any atom is -0.506 e. The molecule has 3 aromatic rings. The van der Waals surface area contributed by atoms with E-state index in [2.05, 4.69) is 0 Å². The smallest absolute Gasteiger partial charge is 0.269 e. The molecule has 0 aliphatic carbocycles. The Bertz CT molecular complexity index is 1020. The number of nitrogens with zero attached hydrogens (tertiary/aromatic N) is 1. The SMILES string of the molecule is O=C1/C(=C(/O)c2ccccc2)c2ccccc2N1C(=O)c1ccccc1. The number of hydrogen-bond acceptors (Lipinski definition) is 3. The van der Waals surface area contributed by atoms with Gasteiger partial charge in [0.1, 0.15) is 5.76 Å². The zero-order valence-corrected chi connectivity index (χ0v) is 13.8. The van der Waals surface area contributed by atoms with Crippen LogP contribution < -0.4 is 4.90 Å². The van der Waals surface area contributed by atoms with E-state index in [0.717, 1.165) is 4.90 Å². The van der Waals surface area contributed by atoms with E-state index in [1.165, 1.54) is 0 Å². The molecule has 0 saturated carbocycles. The molecule has 4 rings (SSSR count). The van der Waals surface area contributed by atoms with Gasteiger partial charge in [0.05, 0.1) is 11.3 Å². The van der Waals surface area contributed by atoms with Crippen molar-refractivity contribution in [1.29, 1.82) is 0 Å². The van der Waals surface area contributed by atoms with E-state index < -0.39 is 11.8 Å². The Morgan fingerprint density at radius 2 is 1.27 bits per heavy atom. The molecule has 0 saturated heterocycles. The van der Waals surface area contributed by atoms with Crippen molar-refractivity contribution in [2.45, 2.75) is 0 Å². The van der Waals surface area contributed by atoms with Crippen LogP contribution in [0.4, 0.5) is 5.69 Å². The Morgan fingerprint density at radius 1 is 0.731 bits per heavy atom. The Labute approximate surface area is 150 Å². The van der Waals surface area contributed by atoms with E-state index >= 15 is 0 Å². The summed E-state index contributed by atoms with van der Waals surface area (Å²) in [5, 5.41) is 10.7. The highest BCUT2D eigenvalue weighted by Gasteiger charge is 2.39. The molecule has 1 N–H and O–H groups in total. The van der Waals surface area contributed by atoms with Crippen molar-refractivity contribution in [2.24, 2.45) is 0 Å². The van der Waals surface area contributed by atoms with Crippen LogP contribution in [0.3, 0.4) is 0 Å². The van der Waals surface area contributed by atoms with Crippen molar-refractivity contribution < 1.29 is 14.7 Å². The molecule has 0 bridgehead atoms. The molecule has 2 amide bonds. The predicted molar refractivity (Wildman–Crippen MR) is 101 cm³/mol. The third-order valence-corrected chi connectivity index (χ3v) is 4.34. The molecule has 0 atom stereocenters. The first kappa shape index (κ1) is 15.8. The quantitative estimate of drug-likeness (QED) is 0.429. The lowest BCUT2D eigenvalue weighted by Crippen LogP contribution is -2.33. The summed E-state index contributed by atoms with van der Waals surface area (Å²) >= 11 is 0. The van der Waals surface area contributed by atoms with Gasteiger partial charge in [0.15, 0.2) is 0 Å². The lowest BCUT2D eigenvalue weighted by atomic mass is 10.0. The average Bonchev–Trinajstić information content (AvgIpc) is 3.00. The molecule has 1 heterocycles. The molecule has 4 heteroatoms. The fraction of sp³-hybridized carbons (Fsp3) is 0. The summed E-state index contributed by atoms with van der Waals surface area (Å²) in [5.74, 6) is -1.08. The summed E-state index contributed by atoms with van der Waals surface area (Å²) in [5.41, 5.74) is 2.10. The molecular weight excluding hydrogens is 326 g/mol. The van der Waals surface area contributed by atoms with E-state index in [1.54, 1.807) is 72.8 Å². The first-order chi connectivity index (χ1) is 12.7. The number of amides is 2. The van der Waals surface area contributed by atoms with Gasteiger partial charge in [-0.15, -0.1) is 0 Å². The number of carbonyl (C=O) groups is 2. The largest absolute Gasteiger partial charge is 0.506 e. The van der Waals surface area contributed by atoms with E-state index in [9.17, 15) is 14.7 Å². The fourth-order valence-electron chi connectivity index (χ4n) is 3.10. The van der Waals surface area contributed by atoms with E-state index in [0.29, 0.717) is 22.4 Å². The molecule has 1 aliphatic heterocycles. The van der Waals surface area contributed by atoms with Crippen LogP contribution in [0.15, 0.2) is 84.9 Å². The van der Waals surface area contributed by atoms with Gasteiger partial charge in [0.25, 0.3) is 11.8 Å². The van der Waals surface area contributed by atoms with Gasteiger partial charge in [-0.1, -0.05) is 66.7 Å². The van der Waals surface area contributed by atoms with Crippen molar-refractivity contribution in [3.8, 4) is 0 Å². The van der Waals surface area contributed by atoms with E-state index in [-0.39, 0.29) is 11.3 Å². The van der Waals surface area contributed by atoms with Gasteiger partial charge in [-0.2, -0.15) is 0 Å². The predicted octanol–water partition coefficient (Wildman–Crippen LogP) is 4.30. The number of rotatable bonds is 2. The Hall–Kier alpha value is -3.66. The summed E-state index contributed by atoms with van der Waals surface area (Å²) in [6.45, 7) is 0. The highest BCUT2D eigenvalue weighted by atomic mass is 16.3. The van der Waals surface area contributed by atoms with Gasteiger partial charge < -0.3 is 5.11 Å². The zero-order valence-electron chi connectivity index (χ0n) is 13.8. The molecule has 0 fully saturated rings. The standard InChI is InChI=1S/C22H15NO3/c24-20(15-9-3-1-4-10-15)19-17-13-7-8-14-18(17)23(22(19)26)21(25)16-11-5-2-6-12-16/h1-14,24H/b20-19+. The van der Waals surface area contributed by atoms with Crippen LogP contribution in [0.25, 0.3) is 11.3 Å². The van der Waals surface area contributed by atoms with Gasteiger partial charge in [0, 0.05) is 16.7 Å². The number of para-hydroxylation sites is 1. The number of carbonyl (C=O) groups excluding carboxylic acids is 2. The first-order valence-electron chi connectivity index (χ1n) is 8.20. The number of fused-ring (bicyclic) bond motifs is 1. The number of hydrogen-bond donors (Lipinski definition) is 1. The van der Waals surface area contributed by atoms with Crippen LogP contribution in [0.5, 0.6) is 0 Å². The van der Waals surface area contributed by atoms with Crippen LogP contribution in [-0.4, -0.2) is 16.9 Å². The van der Waals surface area contributed by atoms with Crippen molar-refractivity contribution in [3.63, 3.8) is 0 Å². The summed E-state index contributed by atoms with van der Waals surface area (Å²) in [7, 11) is 0. The number of benzene rings is 3. The van der Waals surface area contributed by atoms with Crippen LogP contribution in [0, 0.1) is 0 Å². The first-order valence-corrected chi connectivity index (χ1v) is 8.20. The summed E-state index contributed by atoms with van der Waals surface area (Å²) in [6, 6.07) is 24.5. The van der Waals surface area contributed by atoms with Gasteiger partial charge in [0.2, 0.25) is 0 Å². The Kier molecular flexibility index (Phi) is 3.86. The maximum Gasteiger partial charge on any atom is 0.269 e. The maximum atomic E-state index is 13.1. The minimum absolute atomic E-state index is 0.133. The molecule has 0 aromatic heterocycles. The fourth-order valence-corrected chi connectivity index (χ4v) is 3.10. The van der Waals surface area contributed by atoms with Crippen molar-refractivity contribution in [2.75, 3.05) is 4.90 Å². The molecule has 4 nitrogen and oxygen atoms in total. The highest BCUT2D eigenvalue weighted by molar-refractivity contribution is 6.44. The van der Waals surface area contributed by atoms with Crippen LogP contribution >= 0.6 is 0 Å². The lowest BCUT2D eigenvalue weighted by molar-refractivity contribution is -0.112. The van der Waals surface area contributed by atoms with Gasteiger partial charge >= 0.3 is 0 Å². The highest BCUT2D eigenvalue weighted by Crippen LogP contribution is 2.40. The Morgan fingerprint density at radius 3 is 1.92 bits per heavy atom. The lowest BCUT2D eigenvalue weighted by Gasteiger charge is -2.15. The molecule has 0 spiro atoms. The number of imide groups is 1. The van der Waals surface area contributed by atoms with E-state index in [4.69, 9.17) is 0 Å². The monoisotopic (exact) mass is 341 g/mol. The zero-order chi connectivity index (χ0) is 18.1. The molecular formula is C22H15NO3. The second-order valence-electron chi connectivity index (χ2n) is 5.92. The molecule has 26 heavy (non-hydrogen) atoms. The second kappa shape index (κ2) is 6.33. The summed E-state index contributed by atoms with van der Waals surface area (Å²) < 4.78 is 0. The van der Waals surface area contributed by atoms with Gasteiger partial charge in [-0.3, -0.25) is 9.59 Å². The number of anilines is 1. The molecule has 126 valence electrons. The van der Waals surface area contributed by atoms with Crippen LogP contribution in [0.1, 0.15) is 21.5 Å². The Balaban J connectivity index is 1.88. The van der Waals surface area contributed by atoms with Crippen LogP contribution in [0.2, 0.25) is 0 Å². The number of aliphatic hydroxyl groups is 1. The maximum absolute atomic E-state index is 13.1. The molecule has 0 radical (unpaired) electrons. The molecule has 3 aromatic carbocycles. The third kappa shape index (κ3) is 2.48. The summed E-state index contributed by atoms with van der Waals surface area (Å²) in [6.07, 6.45) is 0. The minimum atomic E-state index is -0.526. The van der Waals surface area contributed by atoms with E-state index in [1.807, 2.05) is 12.1 Å². The average molecular weight is 341 g/mol. The van der Waals surface area contributed by atoms with Crippen molar-refractivity contribution in [3.05, 3.63) is 102 Å². The van der Waals surface area contributed by atoms with Crippen LogP contribution in [-0.2, 0) is 4.79 Å². The van der Waals surface area contributed by atoms with Gasteiger partial charge in [-0.25, -0.2) is 4.90 Å². The third-order valence-electron chi connectivity index (χ3n) is 4.34. The number of aliphatic hydroxyl groups excluding tert-OH is 1. The topological polar surface area (TPSA) is 57.6 Å². The van der Waals surface area contributed by atoms with Gasteiger partial charge in [-0.05, 0) is 18.2 Å². The normalized spacial score (nSPS) is 14.9. The summed E-state index contributed by atoms with van der Waals surface area (Å²) in [4.78, 5) is 27.1. The molecule has 0 unspecified atom stereocenters.